The number of hydrogen-bond donors (Lipinski definition) is 1. The van der Waals surface area contributed by atoms with Crippen LogP contribution in [-0.4, -0.2) is 46.4 Å². The van der Waals surface area contributed by atoms with Crippen LogP contribution in [0.4, 0.5) is 5.95 Å². The van der Waals surface area contributed by atoms with Gasteiger partial charge in [0, 0.05) is 36.8 Å². The fourth-order valence-electron chi connectivity index (χ4n) is 5.93. The quantitative estimate of drug-likeness (QED) is 0.339. The second kappa shape index (κ2) is 12.5. The Morgan fingerprint density at radius 3 is 2.45 bits per heavy atom. The van der Waals surface area contributed by atoms with Gasteiger partial charge in [-0.1, -0.05) is 51.2 Å². The molecule has 1 aromatic carbocycles. The molecular weight excluding hydrogens is 524 g/mol. The van der Waals surface area contributed by atoms with E-state index in [9.17, 15) is 18.5 Å². The predicted molar refractivity (Wildman–Crippen MR) is 156 cm³/mol. The smallest absolute Gasteiger partial charge is 0.270 e. The zero-order chi connectivity index (χ0) is 28.1. The summed E-state index contributed by atoms with van der Waals surface area (Å²) in [4.78, 5) is 22.5. The Balaban J connectivity index is 1.24. The topological polar surface area (TPSA) is 121 Å². The number of unbranched alkanes of at least 4 members (excludes halogenated alkanes) is 3. The molecule has 40 heavy (non-hydrogen) atoms. The second-order valence-corrected chi connectivity index (χ2v) is 13.0. The molecule has 0 atom stereocenters. The van der Waals surface area contributed by atoms with Crippen molar-refractivity contribution in [1.29, 1.82) is 5.26 Å². The summed E-state index contributed by atoms with van der Waals surface area (Å²) in [6, 6.07) is 11.0. The number of sulfonamides is 1. The van der Waals surface area contributed by atoms with E-state index in [4.69, 9.17) is 4.98 Å². The SMILES string of the molecule is CCCCCCc1ccc(S(=O)(=O)N2CCC(Nc3ncc4cc(C#N)c(=O)n(C5CCCC5)c4n3)CC2)cc1. The Morgan fingerprint density at radius 2 is 1.77 bits per heavy atom. The van der Waals surface area contributed by atoms with Gasteiger partial charge in [-0.15, -0.1) is 0 Å². The molecule has 0 radical (unpaired) electrons. The maximum Gasteiger partial charge on any atom is 0.270 e. The molecule has 2 aliphatic rings. The molecule has 0 bridgehead atoms. The van der Waals surface area contributed by atoms with E-state index in [1.54, 1.807) is 33.3 Å². The Morgan fingerprint density at radius 1 is 1.05 bits per heavy atom. The Bertz CT molecular complexity index is 1530. The van der Waals surface area contributed by atoms with Crippen molar-refractivity contribution in [2.75, 3.05) is 18.4 Å². The minimum atomic E-state index is -3.55. The van der Waals surface area contributed by atoms with Gasteiger partial charge in [-0.3, -0.25) is 9.36 Å². The lowest BCUT2D eigenvalue weighted by atomic mass is 10.1. The van der Waals surface area contributed by atoms with E-state index in [-0.39, 0.29) is 23.2 Å². The Hall–Kier alpha value is -3.29. The normalized spacial score (nSPS) is 17.3. The first kappa shape index (κ1) is 28.2. The summed E-state index contributed by atoms with van der Waals surface area (Å²) in [5.41, 5.74) is 1.53. The number of benzene rings is 1. The van der Waals surface area contributed by atoms with Crippen molar-refractivity contribution >= 4 is 27.0 Å². The highest BCUT2D eigenvalue weighted by atomic mass is 32.2. The van der Waals surface area contributed by atoms with Gasteiger partial charge in [0.2, 0.25) is 16.0 Å². The minimum Gasteiger partial charge on any atom is -0.351 e. The van der Waals surface area contributed by atoms with Crippen LogP contribution in [0.2, 0.25) is 0 Å². The van der Waals surface area contributed by atoms with Gasteiger partial charge in [-0.25, -0.2) is 13.4 Å². The predicted octanol–water partition coefficient (Wildman–Crippen LogP) is 5.17. The fourth-order valence-corrected chi connectivity index (χ4v) is 7.40. The van der Waals surface area contributed by atoms with E-state index >= 15 is 0 Å². The van der Waals surface area contributed by atoms with Crippen LogP contribution in [0.3, 0.4) is 0 Å². The molecule has 1 saturated carbocycles. The first-order chi connectivity index (χ1) is 19.4. The molecular formula is C30H38N6O3S. The van der Waals surface area contributed by atoms with E-state index in [2.05, 4.69) is 17.2 Å². The molecule has 0 unspecified atom stereocenters. The lowest BCUT2D eigenvalue weighted by Gasteiger charge is -2.31. The van der Waals surface area contributed by atoms with Crippen LogP contribution in [-0.2, 0) is 16.4 Å². The maximum atomic E-state index is 13.3. The molecule has 212 valence electrons. The van der Waals surface area contributed by atoms with Gasteiger partial charge in [-0.05, 0) is 62.3 Å². The molecule has 1 saturated heterocycles. The zero-order valence-electron chi connectivity index (χ0n) is 23.2. The Labute approximate surface area is 236 Å². The van der Waals surface area contributed by atoms with Crippen molar-refractivity contribution in [3.05, 3.63) is 58.0 Å². The third kappa shape index (κ3) is 6.06. The van der Waals surface area contributed by atoms with Gasteiger partial charge in [0.15, 0.2) is 0 Å². The van der Waals surface area contributed by atoms with Crippen LogP contribution < -0.4 is 10.9 Å². The van der Waals surface area contributed by atoms with Crippen molar-refractivity contribution in [3.63, 3.8) is 0 Å². The number of pyridine rings is 1. The van der Waals surface area contributed by atoms with Crippen LogP contribution in [0, 0.1) is 11.3 Å². The maximum absolute atomic E-state index is 13.3. The standard InChI is InChI=1S/C30H38N6O3S/c1-2-3-4-5-8-22-11-13-27(14-12-22)40(38,39)35-17-15-25(16-18-35)33-30-32-21-24-19-23(20-31)29(37)36(28(24)34-30)26-9-6-7-10-26/h11-14,19,21,25-26H,2-10,15-18H2,1H3,(H,32,33,34). The third-order valence-electron chi connectivity index (χ3n) is 8.25. The number of nitriles is 1. The van der Waals surface area contributed by atoms with E-state index in [0.717, 1.165) is 38.5 Å². The highest BCUT2D eigenvalue weighted by molar-refractivity contribution is 7.89. The van der Waals surface area contributed by atoms with E-state index in [0.29, 0.717) is 47.8 Å². The minimum absolute atomic E-state index is 0.0134. The largest absolute Gasteiger partial charge is 0.351 e. The number of fused-ring (bicyclic) bond motifs is 1. The van der Waals surface area contributed by atoms with Gasteiger partial charge in [-0.2, -0.15) is 14.6 Å². The summed E-state index contributed by atoms with van der Waals surface area (Å²) in [6.07, 6.45) is 12.5. The second-order valence-electron chi connectivity index (χ2n) is 11.0. The molecule has 1 aliphatic heterocycles. The van der Waals surface area contributed by atoms with E-state index in [1.807, 2.05) is 18.2 Å². The number of anilines is 1. The molecule has 5 rings (SSSR count). The van der Waals surface area contributed by atoms with Gasteiger partial charge < -0.3 is 5.32 Å². The van der Waals surface area contributed by atoms with Gasteiger partial charge >= 0.3 is 0 Å². The molecule has 1 N–H and O–H groups in total. The average molecular weight is 563 g/mol. The summed E-state index contributed by atoms with van der Waals surface area (Å²) < 4.78 is 29.8. The summed E-state index contributed by atoms with van der Waals surface area (Å²) in [6.45, 7) is 3.01. The Kier molecular flexibility index (Phi) is 8.81. The first-order valence-corrected chi connectivity index (χ1v) is 16.0. The number of nitrogens with zero attached hydrogens (tertiary/aromatic N) is 5. The van der Waals surface area contributed by atoms with Crippen LogP contribution in [0.5, 0.6) is 0 Å². The van der Waals surface area contributed by atoms with Crippen LogP contribution >= 0.6 is 0 Å². The lowest BCUT2D eigenvalue weighted by Crippen LogP contribution is -2.42. The number of hydrogen-bond acceptors (Lipinski definition) is 7. The summed E-state index contributed by atoms with van der Waals surface area (Å²) in [5, 5.41) is 13.5. The molecule has 0 amide bonds. The molecule has 1 aliphatic carbocycles. The van der Waals surface area contributed by atoms with Crippen molar-refractivity contribution in [2.24, 2.45) is 0 Å². The number of rotatable bonds is 10. The molecule has 9 nitrogen and oxygen atoms in total. The number of piperidine rings is 1. The van der Waals surface area contributed by atoms with Crippen molar-refractivity contribution in [3.8, 4) is 6.07 Å². The van der Waals surface area contributed by atoms with Gasteiger partial charge in [0.1, 0.15) is 17.3 Å². The summed E-state index contributed by atoms with van der Waals surface area (Å²) >= 11 is 0. The summed E-state index contributed by atoms with van der Waals surface area (Å²) in [7, 11) is -3.55. The molecule has 10 heteroatoms. The zero-order valence-corrected chi connectivity index (χ0v) is 24.0. The molecule has 2 fully saturated rings. The van der Waals surface area contributed by atoms with Crippen molar-refractivity contribution < 1.29 is 8.42 Å². The van der Waals surface area contributed by atoms with Crippen molar-refractivity contribution in [2.45, 2.75) is 94.5 Å². The highest BCUT2D eigenvalue weighted by Gasteiger charge is 2.30. The lowest BCUT2D eigenvalue weighted by molar-refractivity contribution is 0.329. The van der Waals surface area contributed by atoms with Crippen LogP contribution in [0.1, 0.15) is 88.3 Å². The number of aryl methyl sites for hydroxylation is 1. The molecule has 2 aromatic heterocycles. The highest BCUT2D eigenvalue weighted by Crippen LogP contribution is 2.31. The number of nitrogens with one attached hydrogen (secondary N) is 1. The fraction of sp³-hybridized carbons (Fsp3) is 0.533. The average Bonchev–Trinajstić information content (AvgIpc) is 3.50. The first-order valence-electron chi connectivity index (χ1n) is 14.6. The third-order valence-corrected chi connectivity index (χ3v) is 10.2. The van der Waals surface area contributed by atoms with E-state index in [1.165, 1.54) is 24.8 Å². The van der Waals surface area contributed by atoms with Crippen LogP contribution in [0.25, 0.3) is 11.0 Å². The van der Waals surface area contributed by atoms with Crippen molar-refractivity contribution in [1.82, 2.24) is 18.8 Å². The number of aromatic nitrogens is 3. The molecule has 0 spiro atoms. The molecule has 3 aromatic rings. The molecule has 3 heterocycles. The monoisotopic (exact) mass is 562 g/mol. The summed E-state index contributed by atoms with van der Waals surface area (Å²) in [5.74, 6) is 0.416. The van der Waals surface area contributed by atoms with Gasteiger partial charge in [0.05, 0.1) is 4.90 Å². The van der Waals surface area contributed by atoms with E-state index < -0.39 is 10.0 Å². The van der Waals surface area contributed by atoms with Gasteiger partial charge in [0.25, 0.3) is 5.56 Å². The van der Waals surface area contributed by atoms with Crippen LogP contribution in [0.15, 0.2) is 46.2 Å².